The molecule has 0 unspecified atom stereocenters. The monoisotopic (exact) mass is 812 g/mol. The smallest absolute Gasteiger partial charge is 0.0543 e. The molecule has 306 valence electrons. The van der Waals surface area contributed by atoms with E-state index in [0.29, 0.717) is 5.92 Å². The summed E-state index contributed by atoms with van der Waals surface area (Å²) in [6.07, 6.45) is 11.2. The van der Waals surface area contributed by atoms with Crippen LogP contribution in [0.3, 0.4) is 0 Å². The van der Waals surface area contributed by atoms with Crippen LogP contribution in [0.4, 0.5) is 17.1 Å². The van der Waals surface area contributed by atoms with Crippen molar-refractivity contribution in [2.45, 2.75) is 70.1 Å². The molecule has 9 aromatic rings. The molecule has 0 radical (unpaired) electrons. The zero-order valence-corrected chi connectivity index (χ0v) is 36.3. The maximum absolute atomic E-state index is 2.58. The molecule has 0 aliphatic heterocycles. The first-order valence-corrected chi connectivity index (χ1v) is 23.2. The second-order valence-corrected chi connectivity index (χ2v) is 18.6. The lowest BCUT2D eigenvalue weighted by Gasteiger charge is -2.32. The summed E-state index contributed by atoms with van der Waals surface area (Å²) in [6, 6.07) is 68.4. The van der Waals surface area contributed by atoms with Crippen LogP contribution in [0, 0.1) is 0 Å². The number of fused-ring (bicyclic) bond motifs is 7. The highest BCUT2D eigenvalue weighted by Gasteiger charge is 2.38. The van der Waals surface area contributed by atoms with E-state index in [0.717, 1.165) is 18.5 Å². The molecule has 1 saturated carbocycles. The molecule has 0 amide bonds. The highest BCUT2D eigenvalue weighted by atomic mass is 15.1. The molecule has 1 fully saturated rings. The number of nitrogens with zero attached hydrogens (tertiary/aromatic N) is 2. The van der Waals surface area contributed by atoms with Crippen molar-refractivity contribution < 1.29 is 0 Å². The van der Waals surface area contributed by atoms with Gasteiger partial charge in [-0.3, -0.25) is 0 Å². The summed E-state index contributed by atoms with van der Waals surface area (Å²) in [4.78, 5) is 2.58. The van der Waals surface area contributed by atoms with Crippen LogP contribution in [-0.4, -0.2) is 4.57 Å². The van der Waals surface area contributed by atoms with Crippen LogP contribution >= 0.6 is 0 Å². The predicted octanol–water partition coefficient (Wildman–Crippen LogP) is 15.0. The zero-order valence-electron chi connectivity index (χ0n) is 36.3. The lowest BCUT2D eigenvalue weighted by molar-refractivity contribution is 0.442. The molecule has 0 bridgehead atoms. The van der Waals surface area contributed by atoms with Gasteiger partial charge in [-0.2, -0.15) is 0 Å². The van der Waals surface area contributed by atoms with Crippen LogP contribution < -0.4 is 15.3 Å². The SMILES string of the molecule is CC1(C)c2ccccc2-c2c(N(c3ccc(-c4ccc5c(c4)c4ccccc4n5-c4ccccc4)cc3)c3ccccc3C3=c4c(C5CCCCC5)cccc4=CCC3)cccc21. The standard InChI is InChI=1S/C61H52N2/c1-61(2)53-29-12-9-26-51(53)60-54(61)30-17-33-58(60)63(55-31-13-10-24-48(55)50-28-16-21-43-20-15-27-47(59(43)50)42-18-5-3-6-19-42)46-37-34-41(35-38-46)44-36-39-57-52(40-44)49-25-11-14-32-56(49)62(57)45-22-7-4-8-23-45/h4,7-15,17,20-27,29-40,42H,3,5-6,16,18-19,28H2,1-2H3. The van der Waals surface area contributed by atoms with Crippen molar-refractivity contribution in [2.75, 3.05) is 4.90 Å². The van der Waals surface area contributed by atoms with Crippen LogP contribution in [0.2, 0.25) is 0 Å². The summed E-state index contributed by atoms with van der Waals surface area (Å²) in [5.41, 5.74) is 19.4. The third-order valence-corrected chi connectivity index (χ3v) is 14.7. The second-order valence-electron chi connectivity index (χ2n) is 18.6. The molecule has 8 aromatic carbocycles. The van der Waals surface area contributed by atoms with Gasteiger partial charge >= 0.3 is 0 Å². The first-order valence-electron chi connectivity index (χ1n) is 23.2. The largest absolute Gasteiger partial charge is 0.309 e. The molecular weight excluding hydrogens is 761 g/mol. The number of anilines is 3. The van der Waals surface area contributed by atoms with Gasteiger partial charge in [-0.15, -0.1) is 0 Å². The fourth-order valence-corrected chi connectivity index (χ4v) is 11.7. The molecule has 0 N–H and O–H groups in total. The van der Waals surface area contributed by atoms with Gasteiger partial charge < -0.3 is 9.47 Å². The number of hydrogen-bond acceptors (Lipinski definition) is 1. The Balaban J connectivity index is 1.05. The minimum Gasteiger partial charge on any atom is -0.309 e. The Kier molecular flexibility index (Phi) is 9.11. The third kappa shape index (κ3) is 6.14. The van der Waals surface area contributed by atoms with Gasteiger partial charge in [0, 0.05) is 38.7 Å². The molecule has 2 nitrogen and oxygen atoms in total. The lowest BCUT2D eigenvalue weighted by atomic mass is 9.80. The summed E-state index contributed by atoms with van der Waals surface area (Å²) in [5, 5.41) is 5.43. The lowest BCUT2D eigenvalue weighted by Crippen LogP contribution is -2.35. The van der Waals surface area contributed by atoms with Crippen LogP contribution in [0.15, 0.2) is 182 Å². The Morgan fingerprint density at radius 1 is 0.540 bits per heavy atom. The number of aromatic nitrogens is 1. The summed E-state index contributed by atoms with van der Waals surface area (Å²) in [5.74, 6) is 0.622. The molecule has 1 heterocycles. The van der Waals surface area contributed by atoms with E-state index >= 15 is 0 Å². The van der Waals surface area contributed by atoms with E-state index < -0.39 is 0 Å². The third-order valence-electron chi connectivity index (χ3n) is 14.7. The molecule has 1 aromatic heterocycles. The van der Waals surface area contributed by atoms with Crippen molar-refractivity contribution in [3.8, 4) is 27.9 Å². The van der Waals surface area contributed by atoms with Gasteiger partial charge in [0.1, 0.15) is 0 Å². The normalized spacial score (nSPS) is 15.5. The number of hydrogen-bond donors (Lipinski definition) is 0. The first kappa shape index (κ1) is 37.8. The van der Waals surface area contributed by atoms with Crippen molar-refractivity contribution in [1.29, 1.82) is 0 Å². The average Bonchev–Trinajstić information content (AvgIpc) is 3.80. The first-order chi connectivity index (χ1) is 31.0. The van der Waals surface area contributed by atoms with Crippen molar-refractivity contribution in [3.63, 3.8) is 0 Å². The number of benzene rings is 8. The van der Waals surface area contributed by atoms with E-state index in [1.54, 1.807) is 5.56 Å². The van der Waals surface area contributed by atoms with Crippen LogP contribution in [-0.2, 0) is 5.41 Å². The number of para-hydroxylation sites is 3. The van der Waals surface area contributed by atoms with Crippen LogP contribution in [0.1, 0.15) is 87.0 Å². The summed E-state index contributed by atoms with van der Waals surface area (Å²) in [6.45, 7) is 4.78. The van der Waals surface area contributed by atoms with Gasteiger partial charge in [-0.1, -0.05) is 167 Å². The van der Waals surface area contributed by atoms with Gasteiger partial charge in [0.15, 0.2) is 0 Å². The highest BCUT2D eigenvalue weighted by molar-refractivity contribution is 6.10. The number of rotatable bonds is 7. The Morgan fingerprint density at radius 3 is 2.08 bits per heavy atom. The van der Waals surface area contributed by atoms with Crippen LogP contribution in [0.25, 0.3) is 61.4 Å². The van der Waals surface area contributed by atoms with E-state index in [1.807, 2.05) is 0 Å². The van der Waals surface area contributed by atoms with Gasteiger partial charge in [0.2, 0.25) is 0 Å². The van der Waals surface area contributed by atoms with Crippen LogP contribution in [0.5, 0.6) is 0 Å². The maximum Gasteiger partial charge on any atom is 0.0543 e. The maximum atomic E-state index is 2.58. The van der Waals surface area contributed by atoms with E-state index in [9.17, 15) is 0 Å². The zero-order chi connectivity index (χ0) is 42.1. The molecule has 0 atom stereocenters. The summed E-state index contributed by atoms with van der Waals surface area (Å²) >= 11 is 0. The second kappa shape index (κ2) is 15.2. The minimum atomic E-state index is -0.110. The Bertz CT molecular complexity index is 3340. The van der Waals surface area contributed by atoms with Gasteiger partial charge in [0.25, 0.3) is 0 Å². The Hall–Kier alpha value is -6.90. The predicted molar refractivity (Wildman–Crippen MR) is 266 cm³/mol. The van der Waals surface area contributed by atoms with E-state index in [1.165, 1.54) is 126 Å². The van der Waals surface area contributed by atoms with Crippen molar-refractivity contribution in [2.24, 2.45) is 0 Å². The van der Waals surface area contributed by atoms with Crippen molar-refractivity contribution in [3.05, 3.63) is 215 Å². The highest BCUT2D eigenvalue weighted by Crippen LogP contribution is 2.55. The van der Waals surface area contributed by atoms with E-state index in [2.05, 4.69) is 211 Å². The molecule has 0 saturated heterocycles. The molecule has 63 heavy (non-hydrogen) atoms. The van der Waals surface area contributed by atoms with E-state index in [4.69, 9.17) is 0 Å². The fraction of sp³-hybridized carbons (Fsp3) is 0.180. The van der Waals surface area contributed by atoms with Gasteiger partial charge in [-0.25, -0.2) is 0 Å². The van der Waals surface area contributed by atoms with Gasteiger partial charge in [0.05, 0.1) is 22.4 Å². The molecule has 12 rings (SSSR count). The molecule has 3 aliphatic carbocycles. The fourth-order valence-electron chi connectivity index (χ4n) is 11.7. The van der Waals surface area contributed by atoms with Gasteiger partial charge in [-0.05, 0) is 136 Å². The minimum absolute atomic E-state index is 0.110. The molecule has 0 spiro atoms. The summed E-state index contributed by atoms with van der Waals surface area (Å²) < 4.78 is 2.39. The molecule has 2 heteroatoms. The molecule has 3 aliphatic rings. The Labute approximate surface area is 371 Å². The Morgan fingerprint density at radius 2 is 1.22 bits per heavy atom. The van der Waals surface area contributed by atoms with E-state index in [-0.39, 0.29) is 5.41 Å². The quantitative estimate of drug-likeness (QED) is 0.156. The topological polar surface area (TPSA) is 8.17 Å². The van der Waals surface area contributed by atoms with Crippen molar-refractivity contribution in [1.82, 2.24) is 4.57 Å². The summed E-state index contributed by atoms with van der Waals surface area (Å²) in [7, 11) is 0. The average molecular weight is 813 g/mol. The molecular formula is C61H52N2. The van der Waals surface area contributed by atoms with Crippen molar-refractivity contribution >= 4 is 50.5 Å².